The molecule has 0 saturated carbocycles. The molecule has 0 spiro atoms. The second-order valence-corrected chi connectivity index (χ2v) is 5.78. The maximum absolute atomic E-state index is 12.7. The van der Waals surface area contributed by atoms with Crippen molar-refractivity contribution < 1.29 is 9.47 Å². The summed E-state index contributed by atoms with van der Waals surface area (Å²) in [5.74, 6) is 0.537. The fraction of sp³-hybridized carbons (Fsp3) is 0.250. The Kier molecular flexibility index (Phi) is 4.22. The lowest BCUT2D eigenvalue weighted by Crippen LogP contribution is -2.24. The molecule has 0 aliphatic carbocycles. The molecule has 1 aromatic carbocycles. The number of fused-ring (bicyclic) bond motifs is 1. The summed E-state index contributed by atoms with van der Waals surface area (Å²) < 4.78 is 12.4. The molecule has 6 heteroatoms. The molecule has 1 atom stereocenters. The predicted molar refractivity (Wildman–Crippen MR) is 86.6 cm³/mol. The van der Waals surface area contributed by atoms with Gasteiger partial charge in [0.1, 0.15) is 17.2 Å². The van der Waals surface area contributed by atoms with Gasteiger partial charge in [-0.05, 0) is 23.6 Å². The minimum Gasteiger partial charge on any atom is -0.496 e. The van der Waals surface area contributed by atoms with E-state index in [4.69, 9.17) is 9.47 Å². The smallest absolute Gasteiger partial charge is 0.265 e. The van der Waals surface area contributed by atoms with Crippen LogP contribution in [0.5, 0.6) is 5.75 Å². The van der Waals surface area contributed by atoms with E-state index < -0.39 is 0 Å². The Morgan fingerprint density at radius 2 is 2.14 bits per heavy atom. The van der Waals surface area contributed by atoms with E-state index >= 15 is 0 Å². The summed E-state index contributed by atoms with van der Waals surface area (Å²) in [5.41, 5.74) is 0.506. The number of benzene rings is 1. The van der Waals surface area contributed by atoms with Crippen molar-refractivity contribution in [2.75, 3.05) is 14.2 Å². The van der Waals surface area contributed by atoms with Crippen LogP contribution in [0, 0.1) is 0 Å². The van der Waals surface area contributed by atoms with Gasteiger partial charge in [-0.25, -0.2) is 4.98 Å². The summed E-state index contributed by atoms with van der Waals surface area (Å²) in [4.78, 5) is 18.1. The summed E-state index contributed by atoms with van der Waals surface area (Å²) in [6.45, 7) is 0.414. The highest BCUT2D eigenvalue weighted by Gasteiger charge is 2.15. The van der Waals surface area contributed by atoms with Gasteiger partial charge in [0.15, 0.2) is 0 Å². The van der Waals surface area contributed by atoms with Gasteiger partial charge in [0.2, 0.25) is 0 Å². The van der Waals surface area contributed by atoms with Crippen LogP contribution in [0.25, 0.3) is 10.9 Å². The minimum atomic E-state index is -0.174. The van der Waals surface area contributed by atoms with E-state index in [2.05, 4.69) is 4.98 Å². The van der Waals surface area contributed by atoms with Gasteiger partial charge in [-0.1, -0.05) is 12.1 Å². The van der Waals surface area contributed by atoms with Crippen molar-refractivity contribution in [1.82, 2.24) is 9.55 Å². The molecule has 0 bridgehead atoms. The maximum atomic E-state index is 12.7. The largest absolute Gasteiger partial charge is 0.496 e. The lowest BCUT2D eigenvalue weighted by molar-refractivity contribution is 0.0897. The van der Waals surface area contributed by atoms with Gasteiger partial charge in [0, 0.05) is 12.0 Å². The van der Waals surface area contributed by atoms with E-state index in [-0.39, 0.29) is 11.7 Å². The maximum Gasteiger partial charge on any atom is 0.265 e. The predicted octanol–water partition coefficient (Wildman–Crippen LogP) is 2.85. The molecule has 0 radical (unpaired) electrons. The molecule has 114 valence electrons. The van der Waals surface area contributed by atoms with Crippen molar-refractivity contribution >= 4 is 22.2 Å². The van der Waals surface area contributed by atoms with Gasteiger partial charge < -0.3 is 9.47 Å². The van der Waals surface area contributed by atoms with Gasteiger partial charge in [-0.15, -0.1) is 11.3 Å². The number of nitrogens with zero attached hydrogens (tertiary/aromatic N) is 2. The second-order valence-electron chi connectivity index (χ2n) is 4.80. The number of methoxy groups -OCH3 is 2. The molecule has 2 heterocycles. The molecule has 0 amide bonds. The first-order valence-electron chi connectivity index (χ1n) is 6.83. The SMILES string of the molecule is COc1cccc2ncn(CC(OC)c3cccs3)c(=O)c12. The monoisotopic (exact) mass is 316 g/mol. The zero-order valence-corrected chi connectivity index (χ0v) is 13.2. The summed E-state index contributed by atoms with van der Waals surface area (Å²) in [6.07, 6.45) is 1.38. The quantitative estimate of drug-likeness (QED) is 0.726. The Hall–Kier alpha value is -2.18. The number of rotatable bonds is 5. The Morgan fingerprint density at radius 1 is 1.27 bits per heavy atom. The van der Waals surface area contributed by atoms with Crippen molar-refractivity contribution in [3.8, 4) is 5.75 Å². The van der Waals surface area contributed by atoms with Gasteiger partial charge in [0.05, 0.1) is 25.5 Å². The number of hydrogen-bond acceptors (Lipinski definition) is 5. The van der Waals surface area contributed by atoms with E-state index in [1.54, 1.807) is 48.6 Å². The molecule has 0 saturated heterocycles. The molecule has 5 nitrogen and oxygen atoms in total. The Bertz CT molecular complexity index is 827. The second kappa shape index (κ2) is 6.29. The summed E-state index contributed by atoms with van der Waals surface area (Å²) in [7, 11) is 3.19. The lowest BCUT2D eigenvalue weighted by atomic mass is 10.2. The number of hydrogen-bond donors (Lipinski definition) is 0. The average molecular weight is 316 g/mol. The summed E-state index contributed by atoms with van der Waals surface area (Å²) in [6, 6.07) is 9.36. The first-order valence-corrected chi connectivity index (χ1v) is 7.71. The van der Waals surface area contributed by atoms with Crippen molar-refractivity contribution in [2.24, 2.45) is 0 Å². The Labute approximate surface area is 131 Å². The van der Waals surface area contributed by atoms with Crippen LogP contribution in [0.1, 0.15) is 11.0 Å². The van der Waals surface area contributed by atoms with Crippen LogP contribution in [-0.4, -0.2) is 23.8 Å². The fourth-order valence-electron chi connectivity index (χ4n) is 2.40. The van der Waals surface area contributed by atoms with Crippen LogP contribution in [0.2, 0.25) is 0 Å². The standard InChI is InChI=1S/C16H16N2O3S/c1-20-12-6-3-5-11-15(12)16(19)18(10-17-11)9-13(21-2)14-7-4-8-22-14/h3-8,10,13H,9H2,1-2H3. The van der Waals surface area contributed by atoms with E-state index in [1.807, 2.05) is 23.6 Å². The van der Waals surface area contributed by atoms with Crippen LogP contribution in [-0.2, 0) is 11.3 Å². The normalized spacial score (nSPS) is 12.5. The van der Waals surface area contributed by atoms with Gasteiger partial charge in [-0.3, -0.25) is 9.36 Å². The van der Waals surface area contributed by atoms with Crippen molar-refractivity contribution in [1.29, 1.82) is 0 Å². The molecule has 3 aromatic rings. The molecular formula is C16H16N2O3S. The van der Waals surface area contributed by atoms with Crippen molar-refractivity contribution in [2.45, 2.75) is 12.6 Å². The summed E-state index contributed by atoms with van der Waals surface area (Å²) >= 11 is 1.61. The topological polar surface area (TPSA) is 53.4 Å². The number of aromatic nitrogens is 2. The molecule has 1 unspecified atom stereocenters. The molecule has 0 fully saturated rings. The Morgan fingerprint density at radius 3 is 2.82 bits per heavy atom. The van der Waals surface area contributed by atoms with E-state index in [9.17, 15) is 4.79 Å². The average Bonchev–Trinajstić information content (AvgIpc) is 3.08. The molecule has 0 aliphatic rings. The number of ether oxygens (including phenoxy) is 2. The Balaban J connectivity index is 2.04. The first-order chi connectivity index (χ1) is 10.7. The van der Waals surface area contributed by atoms with Crippen LogP contribution in [0.15, 0.2) is 46.8 Å². The van der Waals surface area contributed by atoms with Crippen molar-refractivity contribution in [3.05, 3.63) is 57.3 Å². The molecule has 0 N–H and O–H groups in total. The third-order valence-corrected chi connectivity index (χ3v) is 4.51. The minimum absolute atomic E-state index is 0.124. The van der Waals surface area contributed by atoms with E-state index in [0.29, 0.717) is 23.2 Å². The van der Waals surface area contributed by atoms with Crippen LogP contribution >= 0.6 is 11.3 Å². The third-order valence-electron chi connectivity index (χ3n) is 3.54. The van der Waals surface area contributed by atoms with Crippen LogP contribution in [0.3, 0.4) is 0 Å². The molecule has 3 rings (SSSR count). The van der Waals surface area contributed by atoms with Gasteiger partial charge >= 0.3 is 0 Å². The molecule has 2 aromatic heterocycles. The highest BCUT2D eigenvalue weighted by molar-refractivity contribution is 7.10. The zero-order valence-electron chi connectivity index (χ0n) is 12.4. The number of thiophene rings is 1. The summed E-state index contributed by atoms with van der Waals surface area (Å²) in [5, 5.41) is 2.49. The van der Waals surface area contributed by atoms with Crippen LogP contribution in [0.4, 0.5) is 0 Å². The fourth-order valence-corrected chi connectivity index (χ4v) is 3.20. The molecule has 22 heavy (non-hydrogen) atoms. The van der Waals surface area contributed by atoms with Crippen LogP contribution < -0.4 is 10.3 Å². The highest BCUT2D eigenvalue weighted by atomic mass is 32.1. The molecular weight excluding hydrogens is 300 g/mol. The van der Waals surface area contributed by atoms with Gasteiger partial charge in [0.25, 0.3) is 5.56 Å². The first kappa shape index (κ1) is 14.7. The van der Waals surface area contributed by atoms with Crippen molar-refractivity contribution in [3.63, 3.8) is 0 Å². The zero-order chi connectivity index (χ0) is 15.5. The van der Waals surface area contributed by atoms with Gasteiger partial charge in [-0.2, -0.15) is 0 Å². The molecule has 0 aliphatic heterocycles. The van der Waals surface area contributed by atoms with E-state index in [0.717, 1.165) is 4.88 Å². The third kappa shape index (κ3) is 2.63. The lowest BCUT2D eigenvalue weighted by Gasteiger charge is -2.15. The highest BCUT2D eigenvalue weighted by Crippen LogP contribution is 2.24. The van der Waals surface area contributed by atoms with E-state index in [1.165, 1.54) is 0 Å².